The van der Waals surface area contributed by atoms with Crippen molar-refractivity contribution in [2.45, 2.75) is 31.7 Å². The number of rotatable bonds is 5. The molecule has 0 aliphatic rings. The Bertz CT molecular complexity index is 613. The molecule has 20 heavy (non-hydrogen) atoms. The van der Waals surface area contributed by atoms with Gasteiger partial charge < -0.3 is 5.73 Å². The number of nitro groups is 1. The zero-order chi connectivity index (χ0) is 15.7. The number of hydrogen-bond acceptors (Lipinski definition) is 5. The minimum Gasteiger partial charge on any atom is -0.398 e. The smallest absolute Gasteiger partial charge is 0.270 e. The number of nitrogen functional groups attached to an aromatic ring is 1. The minimum atomic E-state index is -3.87. The Morgan fingerprint density at radius 3 is 2.30 bits per heavy atom. The molecule has 2 N–H and O–H groups in total. The lowest BCUT2D eigenvalue weighted by molar-refractivity contribution is -0.385. The summed E-state index contributed by atoms with van der Waals surface area (Å²) < 4.78 is 26.2. The third kappa shape index (κ3) is 3.07. The van der Waals surface area contributed by atoms with Crippen molar-refractivity contribution >= 4 is 21.4 Å². The summed E-state index contributed by atoms with van der Waals surface area (Å²) in [6.07, 6.45) is 0. The summed E-state index contributed by atoms with van der Waals surface area (Å²) in [6, 6.07) is 3.16. The molecular formula is C12H19N3O4S. The van der Waals surface area contributed by atoms with Crippen molar-refractivity contribution in [1.82, 2.24) is 4.31 Å². The van der Waals surface area contributed by atoms with Crippen LogP contribution in [-0.2, 0) is 10.0 Å². The molecule has 8 heteroatoms. The normalized spacial score (nSPS) is 13.7. The molecule has 1 unspecified atom stereocenters. The van der Waals surface area contributed by atoms with Crippen LogP contribution in [0.5, 0.6) is 0 Å². The molecule has 0 amide bonds. The zero-order valence-corrected chi connectivity index (χ0v) is 12.7. The van der Waals surface area contributed by atoms with Gasteiger partial charge in [0.2, 0.25) is 10.0 Å². The monoisotopic (exact) mass is 301 g/mol. The van der Waals surface area contributed by atoms with E-state index in [0.29, 0.717) is 0 Å². The molecule has 112 valence electrons. The van der Waals surface area contributed by atoms with Crippen molar-refractivity contribution in [3.05, 3.63) is 28.3 Å². The first-order valence-electron chi connectivity index (χ1n) is 6.11. The predicted molar refractivity (Wildman–Crippen MR) is 76.8 cm³/mol. The van der Waals surface area contributed by atoms with Gasteiger partial charge in [-0.2, -0.15) is 4.31 Å². The fourth-order valence-corrected chi connectivity index (χ4v) is 3.28. The second kappa shape index (κ2) is 5.76. The summed E-state index contributed by atoms with van der Waals surface area (Å²) in [4.78, 5) is 9.88. The summed E-state index contributed by atoms with van der Waals surface area (Å²) in [7, 11) is -2.42. The minimum absolute atomic E-state index is 0.00148. The summed E-state index contributed by atoms with van der Waals surface area (Å²) >= 11 is 0. The molecule has 0 heterocycles. The van der Waals surface area contributed by atoms with Crippen LogP contribution in [0.2, 0.25) is 0 Å². The number of benzene rings is 1. The lowest BCUT2D eigenvalue weighted by Gasteiger charge is -2.27. The van der Waals surface area contributed by atoms with Crippen molar-refractivity contribution in [2.75, 3.05) is 12.8 Å². The number of hydrogen-bond donors (Lipinski definition) is 1. The van der Waals surface area contributed by atoms with Gasteiger partial charge in [0.25, 0.3) is 5.69 Å². The van der Waals surface area contributed by atoms with E-state index < -0.39 is 14.9 Å². The maximum atomic E-state index is 12.5. The van der Waals surface area contributed by atoms with Crippen molar-refractivity contribution in [3.8, 4) is 0 Å². The van der Waals surface area contributed by atoms with Crippen LogP contribution >= 0.6 is 0 Å². The number of nitrogens with two attached hydrogens (primary N) is 1. The average Bonchev–Trinajstić information content (AvgIpc) is 2.36. The molecule has 0 saturated heterocycles. The SMILES string of the molecule is CC(C)C(C)N(C)S(=O)(=O)c1cc([N+](=O)[O-])ccc1N. The molecular weight excluding hydrogens is 282 g/mol. The fraction of sp³-hybridized carbons (Fsp3) is 0.500. The van der Waals surface area contributed by atoms with E-state index in [1.165, 1.54) is 23.5 Å². The van der Waals surface area contributed by atoms with Gasteiger partial charge in [0.05, 0.1) is 10.6 Å². The van der Waals surface area contributed by atoms with E-state index in [0.717, 1.165) is 6.07 Å². The van der Waals surface area contributed by atoms with E-state index in [1.54, 1.807) is 6.92 Å². The van der Waals surface area contributed by atoms with Gasteiger partial charge in [0.15, 0.2) is 0 Å². The lowest BCUT2D eigenvalue weighted by atomic mass is 10.1. The van der Waals surface area contributed by atoms with Crippen LogP contribution in [-0.4, -0.2) is 30.7 Å². The number of non-ortho nitro benzene ring substituents is 1. The first kappa shape index (κ1) is 16.4. The Morgan fingerprint density at radius 1 is 1.30 bits per heavy atom. The Labute approximate surface area is 118 Å². The van der Waals surface area contributed by atoms with Crippen LogP contribution in [0.1, 0.15) is 20.8 Å². The van der Waals surface area contributed by atoms with E-state index in [4.69, 9.17) is 5.73 Å². The number of nitrogens with zero attached hydrogens (tertiary/aromatic N) is 2. The Kier molecular flexibility index (Phi) is 4.72. The maximum Gasteiger partial charge on any atom is 0.270 e. The molecule has 7 nitrogen and oxygen atoms in total. The summed E-state index contributed by atoms with van der Waals surface area (Å²) in [5.41, 5.74) is 5.36. The molecule has 1 aromatic carbocycles. The third-order valence-electron chi connectivity index (χ3n) is 3.40. The van der Waals surface area contributed by atoms with Gasteiger partial charge in [0.1, 0.15) is 4.90 Å². The molecule has 0 aromatic heterocycles. The topological polar surface area (TPSA) is 107 Å². The summed E-state index contributed by atoms with van der Waals surface area (Å²) in [5.74, 6) is 0.106. The van der Waals surface area contributed by atoms with Gasteiger partial charge in [-0.15, -0.1) is 0 Å². The lowest BCUT2D eigenvalue weighted by Crippen LogP contribution is -2.38. The molecule has 0 fully saturated rings. The highest BCUT2D eigenvalue weighted by Crippen LogP contribution is 2.28. The Balaban J connectivity index is 3.35. The molecule has 0 aliphatic heterocycles. The van der Waals surface area contributed by atoms with E-state index in [-0.39, 0.29) is 28.2 Å². The van der Waals surface area contributed by atoms with Gasteiger partial charge in [-0.3, -0.25) is 10.1 Å². The van der Waals surface area contributed by atoms with E-state index in [2.05, 4.69) is 0 Å². The van der Waals surface area contributed by atoms with E-state index >= 15 is 0 Å². The van der Waals surface area contributed by atoms with Gasteiger partial charge in [-0.25, -0.2) is 8.42 Å². The van der Waals surface area contributed by atoms with Crippen molar-refractivity contribution in [1.29, 1.82) is 0 Å². The average molecular weight is 301 g/mol. The first-order valence-corrected chi connectivity index (χ1v) is 7.55. The van der Waals surface area contributed by atoms with Crippen molar-refractivity contribution in [2.24, 2.45) is 5.92 Å². The van der Waals surface area contributed by atoms with Crippen LogP contribution < -0.4 is 5.73 Å². The quantitative estimate of drug-likeness (QED) is 0.507. The summed E-state index contributed by atoms with van der Waals surface area (Å²) in [6.45, 7) is 5.57. The third-order valence-corrected chi connectivity index (χ3v) is 5.40. The molecule has 1 aromatic rings. The predicted octanol–water partition coefficient (Wildman–Crippen LogP) is 1.84. The van der Waals surface area contributed by atoms with Gasteiger partial charge in [-0.1, -0.05) is 13.8 Å². The van der Waals surface area contributed by atoms with Gasteiger partial charge in [-0.05, 0) is 18.9 Å². The van der Waals surface area contributed by atoms with Crippen molar-refractivity contribution < 1.29 is 13.3 Å². The van der Waals surface area contributed by atoms with Crippen LogP contribution in [0, 0.1) is 16.0 Å². The molecule has 1 atom stereocenters. The highest BCUT2D eigenvalue weighted by Gasteiger charge is 2.30. The summed E-state index contributed by atoms with van der Waals surface area (Å²) in [5, 5.41) is 10.8. The molecule has 0 saturated carbocycles. The fourth-order valence-electron chi connectivity index (χ4n) is 1.65. The molecule has 0 radical (unpaired) electrons. The van der Waals surface area contributed by atoms with E-state index in [9.17, 15) is 18.5 Å². The van der Waals surface area contributed by atoms with E-state index in [1.807, 2.05) is 13.8 Å². The largest absolute Gasteiger partial charge is 0.398 e. The Morgan fingerprint density at radius 2 is 1.85 bits per heavy atom. The molecule has 0 aliphatic carbocycles. The second-order valence-electron chi connectivity index (χ2n) is 4.99. The van der Waals surface area contributed by atoms with Gasteiger partial charge in [0, 0.05) is 25.2 Å². The molecule has 0 spiro atoms. The molecule has 1 rings (SSSR count). The number of sulfonamides is 1. The highest BCUT2D eigenvalue weighted by molar-refractivity contribution is 7.89. The highest BCUT2D eigenvalue weighted by atomic mass is 32.2. The maximum absolute atomic E-state index is 12.5. The van der Waals surface area contributed by atoms with Crippen LogP contribution in [0.4, 0.5) is 11.4 Å². The number of nitro benzene ring substituents is 1. The molecule has 0 bridgehead atoms. The standard InChI is InChI=1S/C12H19N3O4S/c1-8(2)9(3)14(4)20(18,19)12-7-10(15(16)17)5-6-11(12)13/h5-9H,13H2,1-4H3. The first-order chi connectivity index (χ1) is 9.09. The van der Waals surface area contributed by atoms with Crippen molar-refractivity contribution in [3.63, 3.8) is 0 Å². The number of anilines is 1. The Hall–Kier alpha value is -1.67. The second-order valence-corrected chi connectivity index (χ2v) is 6.95. The van der Waals surface area contributed by atoms with Crippen LogP contribution in [0.25, 0.3) is 0 Å². The van der Waals surface area contributed by atoms with Gasteiger partial charge >= 0.3 is 0 Å². The van der Waals surface area contributed by atoms with Crippen LogP contribution in [0.15, 0.2) is 23.1 Å². The van der Waals surface area contributed by atoms with Crippen LogP contribution in [0.3, 0.4) is 0 Å². The zero-order valence-electron chi connectivity index (χ0n) is 11.9.